The molecule has 88 valence electrons. The monoisotopic (exact) mass is 273 g/mol. The Morgan fingerprint density at radius 2 is 2.00 bits per heavy atom. The van der Waals surface area contributed by atoms with Crippen molar-refractivity contribution >= 4 is 29.2 Å². The van der Waals surface area contributed by atoms with Crippen LogP contribution in [-0.2, 0) is 0 Å². The third kappa shape index (κ3) is 2.75. The summed E-state index contributed by atoms with van der Waals surface area (Å²) in [6, 6.07) is 3.97. The van der Waals surface area contributed by atoms with Crippen molar-refractivity contribution in [3.05, 3.63) is 40.3 Å². The molecule has 0 amide bonds. The fourth-order valence-corrected chi connectivity index (χ4v) is 1.34. The Bertz CT molecular complexity index is 565. The molecule has 1 aromatic heterocycles. The fraction of sp³-hybridized carbons (Fsp3) is 0. The van der Waals surface area contributed by atoms with E-state index in [0.717, 1.165) is 6.07 Å². The van der Waals surface area contributed by atoms with E-state index in [1.807, 2.05) is 0 Å². The van der Waals surface area contributed by atoms with Gasteiger partial charge in [-0.3, -0.25) is 0 Å². The number of benzene rings is 1. The van der Waals surface area contributed by atoms with Gasteiger partial charge in [0.25, 0.3) is 0 Å². The Hall–Kier alpha value is -1.59. The number of nitrogen functional groups attached to an aromatic ring is 1. The Morgan fingerprint density at radius 3 is 2.71 bits per heavy atom. The van der Waals surface area contributed by atoms with Crippen LogP contribution < -0.4 is 10.5 Å². The van der Waals surface area contributed by atoms with Gasteiger partial charge in [-0.25, -0.2) is 9.37 Å². The van der Waals surface area contributed by atoms with Crippen LogP contribution in [0.25, 0.3) is 0 Å². The van der Waals surface area contributed by atoms with Crippen molar-refractivity contribution in [3.8, 4) is 11.6 Å². The van der Waals surface area contributed by atoms with Gasteiger partial charge in [0, 0.05) is 6.07 Å². The lowest BCUT2D eigenvalue weighted by Gasteiger charge is -2.06. The molecule has 2 N–H and O–H groups in total. The van der Waals surface area contributed by atoms with Gasteiger partial charge in [-0.2, -0.15) is 4.98 Å². The van der Waals surface area contributed by atoms with Crippen molar-refractivity contribution in [1.29, 1.82) is 0 Å². The van der Waals surface area contributed by atoms with Crippen molar-refractivity contribution < 1.29 is 9.13 Å². The number of ether oxygens (including phenoxy) is 1. The van der Waals surface area contributed by atoms with Gasteiger partial charge < -0.3 is 10.5 Å². The molecule has 0 aliphatic rings. The van der Waals surface area contributed by atoms with Crippen LogP contribution in [0.5, 0.6) is 11.6 Å². The molecule has 0 fully saturated rings. The van der Waals surface area contributed by atoms with E-state index < -0.39 is 5.82 Å². The highest BCUT2D eigenvalue weighted by atomic mass is 35.5. The van der Waals surface area contributed by atoms with E-state index in [1.54, 1.807) is 0 Å². The third-order valence-electron chi connectivity index (χ3n) is 1.84. The summed E-state index contributed by atoms with van der Waals surface area (Å²) in [5, 5.41) is 0.181. The largest absolute Gasteiger partial charge is 0.437 e. The molecule has 2 aromatic rings. The first-order valence-corrected chi connectivity index (χ1v) is 5.23. The summed E-state index contributed by atoms with van der Waals surface area (Å²) in [6.07, 6.45) is 1.30. The van der Waals surface area contributed by atoms with Gasteiger partial charge in [-0.1, -0.05) is 23.2 Å². The summed E-state index contributed by atoms with van der Waals surface area (Å²) >= 11 is 11.3. The van der Waals surface area contributed by atoms with Crippen LogP contribution in [-0.4, -0.2) is 9.97 Å². The summed E-state index contributed by atoms with van der Waals surface area (Å²) in [5.41, 5.74) is 5.38. The van der Waals surface area contributed by atoms with Crippen LogP contribution in [0.15, 0.2) is 24.4 Å². The summed E-state index contributed by atoms with van der Waals surface area (Å²) in [6.45, 7) is 0. The average Bonchev–Trinajstić information content (AvgIpc) is 2.29. The topological polar surface area (TPSA) is 61.0 Å². The van der Waals surface area contributed by atoms with E-state index in [9.17, 15) is 4.39 Å². The second kappa shape index (κ2) is 4.73. The van der Waals surface area contributed by atoms with Crippen molar-refractivity contribution in [2.75, 3.05) is 5.73 Å². The van der Waals surface area contributed by atoms with Gasteiger partial charge in [0.15, 0.2) is 0 Å². The van der Waals surface area contributed by atoms with Crippen molar-refractivity contribution in [2.45, 2.75) is 0 Å². The molecule has 0 radical (unpaired) electrons. The average molecular weight is 274 g/mol. The molecule has 1 aromatic carbocycles. The van der Waals surface area contributed by atoms with Crippen molar-refractivity contribution in [1.82, 2.24) is 9.97 Å². The maximum atomic E-state index is 13.2. The number of halogens is 3. The van der Waals surface area contributed by atoms with Crippen LogP contribution in [0.2, 0.25) is 10.0 Å². The Balaban J connectivity index is 2.31. The van der Waals surface area contributed by atoms with Crippen molar-refractivity contribution in [2.24, 2.45) is 0 Å². The van der Waals surface area contributed by atoms with E-state index in [2.05, 4.69) is 9.97 Å². The summed E-state index contributed by atoms with van der Waals surface area (Å²) in [4.78, 5) is 7.45. The zero-order valence-corrected chi connectivity index (χ0v) is 9.84. The molecule has 4 nitrogen and oxygen atoms in total. The molecule has 0 unspecified atom stereocenters. The molecule has 0 bridgehead atoms. The van der Waals surface area contributed by atoms with Crippen molar-refractivity contribution in [3.63, 3.8) is 0 Å². The number of hydrogen-bond donors (Lipinski definition) is 1. The number of anilines is 1. The smallest absolute Gasteiger partial charge is 0.243 e. The van der Waals surface area contributed by atoms with Crippen LogP contribution in [0.4, 0.5) is 10.3 Å². The molecule has 7 heteroatoms. The van der Waals surface area contributed by atoms with E-state index in [1.165, 1.54) is 18.3 Å². The van der Waals surface area contributed by atoms with Crippen LogP contribution in [0.1, 0.15) is 0 Å². The van der Waals surface area contributed by atoms with E-state index in [0.29, 0.717) is 0 Å². The quantitative estimate of drug-likeness (QED) is 0.912. The highest BCUT2D eigenvalue weighted by molar-refractivity contribution is 6.31. The highest BCUT2D eigenvalue weighted by Crippen LogP contribution is 2.28. The second-order valence-electron chi connectivity index (χ2n) is 3.06. The Morgan fingerprint density at radius 1 is 1.24 bits per heavy atom. The van der Waals surface area contributed by atoms with Gasteiger partial charge in [0.2, 0.25) is 11.8 Å². The number of nitrogens with zero attached hydrogens (tertiary/aromatic N) is 2. The molecule has 0 spiro atoms. The Labute approximate surface area is 106 Å². The molecule has 0 saturated heterocycles. The van der Waals surface area contributed by atoms with Gasteiger partial charge in [-0.05, 0) is 12.1 Å². The number of hydrogen-bond acceptors (Lipinski definition) is 4. The lowest BCUT2D eigenvalue weighted by molar-refractivity contribution is 0.458. The lowest BCUT2D eigenvalue weighted by atomic mass is 10.3. The molecular formula is C10H6Cl2FN3O. The predicted octanol–water partition coefficient (Wildman–Crippen LogP) is 3.30. The predicted molar refractivity (Wildman–Crippen MR) is 62.9 cm³/mol. The standard InChI is InChI=1S/C10H6Cl2FN3O/c11-6-2-1-5(3-8(6)13)17-9-7(12)4-15-10(14)16-9/h1-4H,(H2,14,15,16). The van der Waals surface area contributed by atoms with E-state index in [-0.39, 0.29) is 27.6 Å². The first kappa shape index (κ1) is 11.9. The van der Waals surface area contributed by atoms with Crippen LogP contribution in [0.3, 0.4) is 0 Å². The van der Waals surface area contributed by atoms with Crippen LogP contribution in [0, 0.1) is 5.82 Å². The minimum absolute atomic E-state index is 0.00523. The zero-order chi connectivity index (χ0) is 12.4. The van der Waals surface area contributed by atoms with Gasteiger partial charge >= 0.3 is 0 Å². The molecule has 2 rings (SSSR count). The second-order valence-corrected chi connectivity index (χ2v) is 3.87. The molecule has 17 heavy (non-hydrogen) atoms. The van der Waals surface area contributed by atoms with Gasteiger partial charge in [-0.15, -0.1) is 0 Å². The summed E-state index contributed by atoms with van der Waals surface area (Å²) in [7, 11) is 0. The highest BCUT2D eigenvalue weighted by Gasteiger charge is 2.08. The maximum Gasteiger partial charge on any atom is 0.243 e. The summed E-state index contributed by atoms with van der Waals surface area (Å²) in [5.74, 6) is -0.311. The first-order valence-electron chi connectivity index (χ1n) is 4.47. The molecule has 0 aliphatic heterocycles. The SMILES string of the molecule is Nc1ncc(Cl)c(Oc2ccc(Cl)c(F)c2)n1. The molecule has 0 saturated carbocycles. The summed E-state index contributed by atoms with van der Waals surface area (Å²) < 4.78 is 18.4. The molecular weight excluding hydrogens is 268 g/mol. The fourth-order valence-electron chi connectivity index (χ4n) is 1.09. The number of rotatable bonds is 2. The molecule has 1 heterocycles. The lowest BCUT2D eigenvalue weighted by Crippen LogP contribution is -1.97. The third-order valence-corrected chi connectivity index (χ3v) is 2.40. The van der Waals surface area contributed by atoms with Crippen LogP contribution >= 0.6 is 23.2 Å². The van der Waals surface area contributed by atoms with E-state index >= 15 is 0 Å². The van der Waals surface area contributed by atoms with Gasteiger partial charge in [0.05, 0.1) is 11.2 Å². The Kier molecular flexibility index (Phi) is 3.31. The maximum absolute atomic E-state index is 13.2. The number of nitrogens with two attached hydrogens (primary N) is 1. The van der Waals surface area contributed by atoms with Gasteiger partial charge in [0.1, 0.15) is 16.6 Å². The first-order chi connectivity index (χ1) is 8.06. The normalized spacial score (nSPS) is 10.3. The zero-order valence-electron chi connectivity index (χ0n) is 8.32. The molecule has 0 aliphatic carbocycles. The molecule has 0 atom stereocenters. The van der Waals surface area contributed by atoms with E-state index in [4.69, 9.17) is 33.7 Å². The number of aromatic nitrogens is 2. The minimum Gasteiger partial charge on any atom is -0.437 e. The minimum atomic E-state index is -0.595.